The van der Waals surface area contributed by atoms with Crippen LogP contribution in [0.15, 0.2) is 46.4 Å². The van der Waals surface area contributed by atoms with Crippen molar-refractivity contribution in [2.24, 2.45) is 0 Å². The molecule has 94 valence electrons. The van der Waals surface area contributed by atoms with Gasteiger partial charge in [0, 0.05) is 10.2 Å². The SMILES string of the molecule is C=C(/C=C\C(Br)=C/C)NC1=S=CNc2ccsc21. The predicted molar refractivity (Wildman–Crippen MR) is 89.8 cm³/mol. The maximum absolute atomic E-state index is 4.00. The molecule has 2 nitrogen and oxygen atoms in total. The number of allylic oxidation sites excluding steroid dienone is 4. The Morgan fingerprint density at radius 1 is 1.50 bits per heavy atom. The zero-order valence-corrected chi connectivity index (χ0v) is 13.1. The molecule has 18 heavy (non-hydrogen) atoms. The maximum Gasteiger partial charge on any atom is 0.114 e. The van der Waals surface area contributed by atoms with Gasteiger partial charge in [-0.15, -0.1) is 22.3 Å². The van der Waals surface area contributed by atoms with Crippen LogP contribution in [-0.2, 0) is 0 Å². The molecule has 1 aromatic heterocycles. The lowest BCUT2D eigenvalue weighted by Crippen LogP contribution is -2.22. The maximum atomic E-state index is 4.00. The summed E-state index contributed by atoms with van der Waals surface area (Å²) in [6.45, 7) is 5.98. The Kier molecular flexibility index (Phi) is 4.63. The van der Waals surface area contributed by atoms with Crippen molar-refractivity contribution < 1.29 is 0 Å². The van der Waals surface area contributed by atoms with Crippen LogP contribution in [0.4, 0.5) is 5.69 Å². The standard InChI is InChI=1S/C13H13BrN2S2/c1-3-10(14)5-4-9(2)16-13-12-11(6-7-17-12)15-8-18-13/h3-8,15-16H,2H2,1H3/b5-4-,10-3+. The van der Waals surface area contributed by atoms with E-state index in [0.717, 1.165) is 20.9 Å². The molecule has 0 bridgehead atoms. The zero-order chi connectivity index (χ0) is 13.0. The van der Waals surface area contributed by atoms with Crippen LogP contribution >= 0.6 is 38.2 Å². The van der Waals surface area contributed by atoms with E-state index < -0.39 is 0 Å². The van der Waals surface area contributed by atoms with Crippen molar-refractivity contribution in [2.75, 3.05) is 5.32 Å². The molecule has 0 atom stereocenters. The van der Waals surface area contributed by atoms with Gasteiger partial charge in [0.15, 0.2) is 0 Å². The normalized spacial score (nSPS) is 14.6. The molecule has 0 saturated carbocycles. The molecule has 0 spiro atoms. The number of nitrogens with one attached hydrogen (secondary N) is 2. The molecular weight excluding hydrogens is 328 g/mol. The molecule has 1 aliphatic rings. The summed E-state index contributed by atoms with van der Waals surface area (Å²) in [5, 5.41) is 8.64. The Morgan fingerprint density at radius 3 is 3.11 bits per heavy atom. The van der Waals surface area contributed by atoms with E-state index in [1.165, 1.54) is 4.88 Å². The van der Waals surface area contributed by atoms with E-state index in [1.54, 1.807) is 22.3 Å². The average Bonchev–Trinajstić information content (AvgIpc) is 2.85. The van der Waals surface area contributed by atoms with Crippen molar-refractivity contribution in [1.29, 1.82) is 0 Å². The molecule has 1 aromatic rings. The van der Waals surface area contributed by atoms with Crippen molar-refractivity contribution >= 4 is 54.4 Å². The van der Waals surface area contributed by atoms with Gasteiger partial charge in [-0.05, 0) is 30.5 Å². The largest absolute Gasteiger partial charge is 0.352 e. The highest BCUT2D eigenvalue weighted by atomic mass is 79.9. The summed E-state index contributed by atoms with van der Waals surface area (Å²) in [4.78, 5) is 2.34. The van der Waals surface area contributed by atoms with E-state index in [-0.39, 0.29) is 0 Å². The van der Waals surface area contributed by atoms with Crippen molar-refractivity contribution in [3.05, 3.63) is 51.3 Å². The van der Waals surface area contributed by atoms with Crippen molar-refractivity contribution in [3.63, 3.8) is 0 Å². The minimum Gasteiger partial charge on any atom is -0.352 e. The summed E-state index contributed by atoms with van der Waals surface area (Å²) in [6, 6.07) is 2.08. The van der Waals surface area contributed by atoms with E-state index in [1.807, 2.05) is 30.6 Å². The van der Waals surface area contributed by atoms with Gasteiger partial charge in [0.1, 0.15) is 4.99 Å². The molecule has 2 heterocycles. The number of fused-ring (bicyclic) bond motifs is 1. The number of halogens is 1. The van der Waals surface area contributed by atoms with Crippen LogP contribution in [0.3, 0.4) is 0 Å². The van der Waals surface area contributed by atoms with Crippen LogP contribution in [0, 0.1) is 0 Å². The summed E-state index contributed by atoms with van der Waals surface area (Å²) in [7, 11) is 1.64. The first-order chi connectivity index (χ1) is 8.70. The van der Waals surface area contributed by atoms with Gasteiger partial charge < -0.3 is 10.6 Å². The van der Waals surface area contributed by atoms with Gasteiger partial charge in [-0.1, -0.05) is 28.6 Å². The number of thiophene rings is 1. The van der Waals surface area contributed by atoms with Crippen molar-refractivity contribution in [1.82, 2.24) is 5.32 Å². The van der Waals surface area contributed by atoms with Crippen LogP contribution < -0.4 is 10.6 Å². The number of hydrogen-bond acceptors (Lipinski definition) is 3. The lowest BCUT2D eigenvalue weighted by atomic mass is 10.3. The fraction of sp³-hybridized carbons (Fsp3) is 0.0769. The van der Waals surface area contributed by atoms with E-state index in [9.17, 15) is 0 Å². The summed E-state index contributed by atoms with van der Waals surface area (Å²) < 4.78 is 1.04. The number of hydrogen-bond donors (Lipinski definition) is 2. The third kappa shape index (κ3) is 3.25. The van der Waals surface area contributed by atoms with Gasteiger partial charge in [-0.25, -0.2) is 0 Å². The lowest BCUT2D eigenvalue weighted by Gasteiger charge is -2.12. The molecule has 0 aliphatic carbocycles. The topological polar surface area (TPSA) is 24.1 Å². The van der Waals surface area contributed by atoms with E-state index in [4.69, 9.17) is 0 Å². The molecule has 0 saturated heterocycles. The van der Waals surface area contributed by atoms with Crippen LogP contribution in [0.1, 0.15) is 11.8 Å². The van der Waals surface area contributed by atoms with Gasteiger partial charge in [0.05, 0.1) is 16.1 Å². The van der Waals surface area contributed by atoms with Crippen LogP contribution in [-0.4, -0.2) is 10.5 Å². The second kappa shape index (κ2) is 6.22. The fourth-order valence-corrected chi connectivity index (χ4v) is 3.24. The Hall–Kier alpha value is -1.04. The van der Waals surface area contributed by atoms with Gasteiger partial charge in [-0.3, -0.25) is 0 Å². The first-order valence-electron chi connectivity index (χ1n) is 5.36. The van der Waals surface area contributed by atoms with Gasteiger partial charge in [-0.2, -0.15) is 0 Å². The van der Waals surface area contributed by atoms with Crippen LogP contribution in [0.25, 0.3) is 0 Å². The summed E-state index contributed by atoms with van der Waals surface area (Å²) in [5.41, 5.74) is 3.98. The molecule has 0 amide bonds. The molecule has 2 rings (SSSR count). The lowest BCUT2D eigenvalue weighted by molar-refractivity contribution is 1.22. The monoisotopic (exact) mass is 340 g/mol. The van der Waals surface area contributed by atoms with Crippen LogP contribution in [0.5, 0.6) is 0 Å². The average molecular weight is 341 g/mol. The zero-order valence-electron chi connectivity index (χ0n) is 9.87. The number of rotatable bonds is 3. The Labute approximate surface area is 123 Å². The quantitative estimate of drug-likeness (QED) is 0.639. The molecule has 0 aromatic carbocycles. The first kappa shape index (κ1) is 13.4. The Balaban J connectivity index is 2.09. The Morgan fingerprint density at radius 2 is 2.33 bits per heavy atom. The smallest absolute Gasteiger partial charge is 0.114 e. The second-order valence-electron chi connectivity index (χ2n) is 3.53. The second-order valence-corrected chi connectivity index (χ2v) is 6.24. The summed E-state index contributed by atoms with van der Waals surface area (Å²) in [6.07, 6.45) is 5.91. The van der Waals surface area contributed by atoms with Gasteiger partial charge in [0.2, 0.25) is 0 Å². The van der Waals surface area contributed by atoms with Crippen LogP contribution in [0.2, 0.25) is 0 Å². The minimum atomic E-state index is 0.867. The van der Waals surface area contributed by atoms with Crippen molar-refractivity contribution in [3.8, 4) is 0 Å². The first-order valence-corrected chi connectivity index (χ1v) is 7.91. The van der Waals surface area contributed by atoms with E-state index in [0.29, 0.717) is 0 Å². The van der Waals surface area contributed by atoms with E-state index >= 15 is 0 Å². The third-order valence-corrected chi connectivity index (χ3v) is 4.82. The number of anilines is 1. The molecular formula is C13H13BrN2S2. The molecule has 0 radical (unpaired) electrons. The molecule has 1 aliphatic heterocycles. The summed E-state index contributed by atoms with van der Waals surface area (Å²) >= 11 is 5.15. The molecule has 5 heteroatoms. The molecule has 0 unspecified atom stereocenters. The van der Waals surface area contributed by atoms with Gasteiger partial charge >= 0.3 is 0 Å². The summed E-state index contributed by atoms with van der Waals surface area (Å²) in [5.74, 6) is 0. The highest BCUT2D eigenvalue weighted by Crippen LogP contribution is 2.24. The molecule has 0 fully saturated rings. The van der Waals surface area contributed by atoms with Gasteiger partial charge in [0.25, 0.3) is 0 Å². The van der Waals surface area contributed by atoms with Crippen molar-refractivity contribution in [2.45, 2.75) is 6.92 Å². The third-order valence-electron chi connectivity index (χ3n) is 2.26. The molecule has 2 N–H and O–H groups in total. The highest BCUT2D eigenvalue weighted by molar-refractivity contribution is 9.11. The minimum absolute atomic E-state index is 0.867. The fourth-order valence-electron chi connectivity index (χ4n) is 1.35. The predicted octanol–water partition coefficient (Wildman–Crippen LogP) is 4.10. The van der Waals surface area contributed by atoms with E-state index in [2.05, 4.69) is 44.6 Å². The Bertz CT molecular complexity index is 590. The highest BCUT2D eigenvalue weighted by Gasteiger charge is 2.11.